The van der Waals surface area contributed by atoms with E-state index in [0.29, 0.717) is 12.5 Å². The molecule has 2 aromatic carbocycles. The Hall–Kier alpha value is -2.36. The summed E-state index contributed by atoms with van der Waals surface area (Å²) in [5.74, 6) is 0.218. The summed E-state index contributed by atoms with van der Waals surface area (Å²) >= 11 is 0. The van der Waals surface area contributed by atoms with Crippen LogP contribution in [0.5, 0.6) is 0 Å². The summed E-state index contributed by atoms with van der Waals surface area (Å²) in [5, 5.41) is 0. The molecular weight excluding hydrogens is 265 g/mol. The van der Waals surface area contributed by atoms with Crippen LogP contribution in [0.4, 0.5) is 10.1 Å². The predicted octanol–water partition coefficient (Wildman–Crippen LogP) is 3.18. The lowest BCUT2D eigenvalue weighted by Gasteiger charge is -2.36. The molecule has 1 unspecified atom stereocenters. The molecule has 0 aromatic heterocycles. The molecule has 0 saturated carbocycles. The Morgan fingerprint density at radius 3 is 2.67 bits per heavy atom. The van der Waals surface area contributed by atoms with Gasteiger partial charge >= 0.3 is 0 Å². The number of hydrogen-bond acceptors (Lipinski definition) is 3. The number of hydrogen-bond donors (Lipinski definition) is 1. The predicted molar refractivity (Wildman–Crippen MR) is 83.9 cm³/mol. The second kappa shape index (κ2) is 4.88. The molecule has 3 rings (SSSR count). The van der Waals surface area contributed by atoms with Crippen molar-refractivity contribution in [3.63, 3.8) is 0 Å². The van der Waals surface area contributed by atoms with Crippen molar-refractivity contribution in [3.8, 4) is 0 Å². The normalized spacial score (nSPS) is 21.5. The highest BCUT2D eigenvalue weighted by Gasteiger charge is 2.40. The second-order valence-electron chi connectivity index (χ2n) is 5.63. The van der Waals surface area contributed by atoms with Crippen molar-refractivity contribution in [3.05, 3.63) is 65.5 Å². The van der Waals surface area contributed by atoms with Crippen LogP contribution in [0.3, 0.4) is 0 Å². The summed E-state index contributed by atoms with van der Waals surface area (Å²) in [5.41, 5.74) is 8.61. The average Bonchev–Trinajstić information content (AvgIpc) is 2.76. The molecule has 0 saturated heterocycles. The SMILES string of the molecule is Cc1cccc(N2C(N)=NCC2(C)c2cccc(F)c2)c1. The van der Waals surface area contributed by atoms with Gasteiger partial charge in [-0.2, -0.15) is 0 Å². The maximum atomic E-state index is 13.6. The van der Waals surface area contributed by atoms with Crippen molar-refractivity contribution in [1.29, 1.82) is 0 Å². The third-order valence-electron chi connectivity index (χ3n) is 3.98. The molecule has 108 valence electrons. The van der Waals surface area contributed by atoms with Gasteiger partial charge in [0.1, 0.15) is 5.82 Å². The second-order valence-corrected chi connectivity index (χ2v) is 5.63. The first-order valence-corrected chi connectivity index (χ1v) is 6.93. The fourth-order valence-electron chi connectivity index (χ4n) is 2.86. The summed E-state index contributed by atoms with van der Waals surface area (Å²) < 4.78 is 13.6. The topological polar surface area (TPSA) is 41.6 Å². The first kappa shape index (κ1) is 13.6. The van der Waals surface area contributed by atoms with Crippen LogP contribution in [0.25, 0.3) is 0 Å². The lowest BCUT2D eigenvalue weighted by atomic mass is 9.90. The van der Waals surface area contributed by atoms with E-state index in [1.165, 1.54) is 6.07 Å². The van der Waals surface area contributed by atoms with Gasteiger partial charge in [-0.3, -0.25) is 4.99 Å². The van der Waals surface area contributed by atoms with Gasteiger partial charge in [0.2, 0.25) is 0 Å². The van der Waals surface area contributed by atoms with E-state index >= 15 is 0 Å². The number of benzene rings is 2. The number of halogens is 1. The maximum absolute atomic E-state index is 13.6. The van der Waals surface area contributed by atoms with E-state index in [2.05, 4.69) is 11.1 Å². The number of anilines is 1. The van der Waals surface area contributed by atoms with Gasteiger partial charge in [-0.25, -0.2) is 4.39 Å². The van der Waals surface area contributed by atoms with Gasteiger partial charge in [0.05, 0.1) is 12.1 Å². The minimum atomic E-state index is -0.472. The zero-order valence-corrected chi connectivity index (χ0v) is 12.2. The molecule has 3 nitrogen and oxygen atoms in total. The van der Waals surface area contributed by atoms with Crippen LogP contribution < -0.4 is 10.6 Å². The Kier molecular flexibility index (Phi) is 3.16. The summed E-state index contributed by atoms with van der Waals surface area (Å²) in [4.78, 5) is 6.36. The van der Waals surface area contributed by atoms with Crippen LogP contribution in [0.2, 0.25) is 0 Å². The van der Waals surface area contributed by atoms with Crippen LogP contribution >= 0.6 is 0 Å². The monoisotopic (exact) mass is 283 g/mol. The molecule has 2 aromatic rings. The van der Waals surface area contributed by atoms with Crippen molar-refractivity contribution < 1.29 is 4.39 Å². The fraction of sp³-hybridized carbons (Fsp3) is 0.235. The fourth-order valence-corrected chi connectivity index (χ4v) is 2.86. The van der Waals surface area contributed by atoms with Gasteiger partial charge in [-0.05, 0) is 49.2 Å². The number of aryl methyl sites for hydroxylation is 1. The Balaban J connectivity index is 2.10. The zero-order valence-electron chi connectivity index (χ0n) is 12.2. The zero-order chi connectivity index (χ0) is 15.0. The van der Waals surface area contributed by atoms with Gasteiger partial charge in [-0.1, -0.05) is 24.3 Å². The molecule has 21 heavy (non-hydrogen) atoms. The quantitative estimate of drug-likeness (QED) is 0.919. The molecule has 0 amide bonds. The Labute approximate surface area is 123 Å². The first-order valence-electron chi connectivity index (χ1n) is 6.93. The average molecular weight is 283 g/mol. The third-order valence-corrected chi connectivity index (χ3v) is 3.98. The summed E-state index contributed by atoms with van der Waals surface area (Å²) in [6.45, 7) is 4.58. The van der Waals surface area contributed by atoms with E-state index in [0.717, 1.165) is 16.8 Å². The van der Waals surface area contributed by atoms with Crippen LogP contribution in [0.15, 0.2) is 53.5 Å². The van der Waals surface area contributed by atoms with Crippen molar-refractivity contribution >= 4 is 11.6 Å². The van der Waals surface area contributed by atoms with E-state index in [1.807, 2.05) is 43.0 Å². The third kappa shape index (κ3) is 2.27. The molecule has 0 spiro atoms. The minimum Gasteiger partial charge on any atom is -0.369 e. The lowest BCUT2D eigenvalue weighted by Crippen LogP contribution is -2.47. The standard InChI is InChI=1S/C17H18FN3/c1-12-5-3-8-15(9-12)21-16(19)20-11-17(21,2)13-6-4-7-14(18)10-13/h3-10H,11H2,1-2H3,(H2,19,20). The van der Waals surface area contributed by atoms with Gasteiger partial charge in [0.25, 0.3) is 0 Å². The molecular formula is C17H18FN3. The summed E-state index contributed by atoms with van der Waals surface area (Å²) in [7, 11) is 0. The number of aliphatic imine (C=N–C) groups is 1. The smallest absolute Gasteiger partial charge is 0.196 e. The molecule has 1 aliphatic rings. The van der Waals surface area contributed by atoms with Gasteiger partial charge < -0.3 is 10.6 Å². The van der Waals surface area contributed by atoms with E-state index in [4.69, 9.17) is 5.73 Å². The molecule has 0 fully saturated rings. The first-order chi connectivity index (χ1) is 10.0. The Morgan fingerprint density at radius 1 is 1.19 bits per heavy atom. The maximum Gasteiger partial charge on any atom is 0.196 e. The molecule has 1 heterocycles. The molecule has 0 radical (unpaired) electrons. The van der Waals surface area contributed by atoms with Gasteiger partial charge in [-0.15, -0.1) is 0 Å². The molecule has 1 atom stereocenters. The Bertz CT molecular complexity index is 711. The van der Waals surface area contributed by atoms with Crippen molar-refractivity contribution in [2.75, 3.05) is 11.4 Å². The van der Waals surface area contributed by atoms with Crippen LogP contribution in [0, 0.1) is 12.7 Å². The Morgan fingerprint density at radius 2 is 1.95 bits per heavy atom. The highest BCUT2D eigenvalue weighted by molar-refractivity contribution is 5.98. The van der Waals surface area contributed by atoms with Crippen LogP contribution in [-0.4, -0.2) is 12.5 Å². The lowest BCUT2D eigenvalue weighted by molar-refractivity contribution is 0.525. The summed E-state index contributed by atoms with van der Waals surface area (Å²) in [6.07, 6.45) is 0. The van der Waals surface area contributed by atoms with Crippen LogP contribution in [0.1, 0.15) is 18.1 Å². The molecule has 1 aliphatic heterocycles. The van der Waals surface area contributed by atoms with E-state index in [1.54, 1.807) is 12.1 Å². The van der Waals surface area contributed by atoms with Gasteiger partial charge in [0.15, 0.2) is 5.96 Å². The number of rotatable bonds is 2. The van der Waals surface area contributed by atoms with Crippen molar-refractivity contribution in [2.24, 2.45) is 10.7 Å². The van der Waals surface area contributed by atoms with Crippen molar-refractivity contribution in [1.82, 2.24) is 0 Å². The molecule has 0 bridgehead atoms. The van der Waals surface area contributed by atoms with Crippen LogP contribution in [-0.2, 0) is 5.54 Å². The molecule has 2 N–H and O–H groups in total. The highest BCUT2D eigenvalue weighted by Crippen LogP contribution is 2.37. The summed E-state index contributed by atoms with van der Waals surface area (Å²) in [6, 6.07) is 14.7. The van der Waals surface area contributed by atoms with Gasteiger partial charge in [0, 0.05) is 5.69 Å². The van der Waals surface area contributed by atoms with E-state index in [9.17, 15) is 4.39 Å². The molecule has 4 heteroatoms. The van der Waals surface area contributed by atoms with E-state index in [-0.39, 0.29) is 5.82 Å². The minimum absolute atomic E-state index is 0.247. The highest BCUT2D eigenvalue weighted by atomic mass is 19.1. The van der Waals surface area contributed by atoms with Crippen molar-refractivity contribution in [2.45, 2.75) is 19.4 Å². The number of nitrogens with zero attached hydrogens (tertiary/aromatic N) is 2. The number of guanidine groups is 1. The number of nitrogens with two attached hydrogens (primary N) is 1. The largest absolute Gasteiger partial charge is 0.369 e. The van der Waals surface area contributed by atoms with E-state index < -0.39 is 5.54 Å². The molecule has 0 aliphatic carbocycles.